The highest BCUT2D eigenvalue weighted by Crippen LogP contribution is 2.03. The molecule has 14 heavy (non-hydrogen) atoms. The van der Waals surface area contributed by atoms with Gasteiger partial charge in [-0.1, -0.05) is 19.8 Å². The summed E-state index contributed by atoms with van der Waals surface area (Å²) in [5.41, 5.74) is 0.401. The normalized spacial score (nSPS) is 9.43. The van der Waals surface area contributed by atoms with Crippen LogP contribution in [0.1, 0.15) is 31.9 Å². The molecule has 4 nitrogen and oxygen atoms in total. The monoisotopic (exact) mass is 190 g/mol. The fraction of sp³-hybridized carbons (Fsp3) is 0.500. The smallest absolute Gasteiger partial charge is 0.145 e. The Balaban J connectivity index is 2.39. The molecule has 0 saturated carbocycles. The van der Waals surface area contributed by atoms with Gasteiger partial charge in [-0.05, 0) is 6.42 Å². The van der Waals surface area contributed by atoms with Crippen LogP contribution in [-0.4, -0.2) is 16.5 Å². The van der Waals surface area contributed by atoms with E-state index in [2.05, 4.69) is 22.2 Å². The maximum atomic E-state index is 8.60. The molecule has 0 aromatic carbocycles. The van der Waals surface area contributed by atoms with E-state index < -0.39 is 0 Å². The standard InChI is InChI=1S/C10H14N4/c1-2-3-4-5-12-10-6-9(7-11)13-8-14-10/h6,8H,2-5H2,1H3,(H,12,13,14). The molecule has 0 atom stereocenters. The van der Waals surface area contributed by atoms with Gasteiger partial charge in [0.25, 0.3) is 0 Å². The number of rotatable bonds is 5. The second-order valence-corrected chi connectivity index (χ2v) is 3.03. The lowest BCUT2D eigenvalue weighted by Crippen LogP contribution is -2.03. The van der Waals surface area contributed by atoms with Crippen LogP contribution in [0.15, 0.2) is 12.4 Å². The third kappa shape index (κ3) is 3.40. The number of anilines is 1. The van der Waals surface area contributed by atoms with Crippen molar-refractivity contribution in [2.75, 3.05) is 11.9 Å². The van der Waals surface area contributed by atoms with Crippen molar-refractivity contribution in [3.8, 4) is 6.07 Å². The number of hydrogen-bond acceptors (Lipinski definition) is 4. The molecule has 0 bridgehead atoms. The van der Waals surface area contributed by atoms with E-state index in [0.29, 0.717) is 5.69 Å². The molecule has 1 aromatic heterocycles. The van der Waals surface area contributed by atoms with Gasteiger partial charge in [-0.3, -0.25) is 0 Å². The lowest BCUT2D eigenvalue weighted by Gasteiger charge is -2.03. The molecule has 0 amide bonds. The van der Waals surface area contributed by atoms with Gasteiger partial charge in [0.15, 0.2) is 0 Å². The largest absolute Gasteiger partial charge is 0.370 e. The Morgan fingerprint density at radius 2 is 2.29 bits per heavy atom. The first-order valence-electron chi connectivity index (χ1n) is 4.83. The molecular formula is C10H14N4. The SMILES string of the molecule is CCCCCNc1cc(C#N)ncn1. The minimum absolute atomic E-state index is 0.401. The van der Waals surface area contributed by atoms with Crippen LogP contribution in [0.5, 0.6) is 0 Å². The van der Waals surface area contributed by atoms with Gasteiger partial charge in [0, 0.05) is 12.6 Å². The van der Waals surface area contributed by atoms with Crippen molar-refractivity contribution >= 4 is 5.82 Å². The number of aromatic nitrogens is 2. The quantitative estimate of drug-likeness (QED) is 0.721. The molecule has 1 rings (SSSR count). The summed E-state index contributed by atoms with van der Waals surface area (Å²) < 4.78 is 0. The Bertz CT molecular complexity index is 316. The van der Waals surface area contributed by atoms with Crippen LogP contribution >= 0.6 is 0 Å². The average Bonchev–Trinajstić information content (AvgIpc) is 2.25. The van der Waals surface area contributed by atoms with Crippen LogP contribution in [0.4, 0.5) is 5.82 Å². The lowest BCUT2D eigenvalue weighted by atomic mass is 10.2. The molecule has 0 fully saturated rings. The fourth-order valence-electron chi connectivity index (χ4n) is 1.11. The fourth-order valence-corrected chi connectivity index (χ4v) is 1.11. The minimum Gasteiger partial charge on any atom is -0.370 e. The number of nitrogens with one attached hydrogen (secondary N) is 1. The van der Waals surface area contributed by atoms with Crippen molar-refractivity contribution in [1.82, 2.24) is 9.97 Å². The predicted molar refractivity (Wildman–Crippen MR) is 54.8 cm³/mol. The highest BCUT2D eigenvalue weighted by Gasteiger charge is 1.95. The van der Waals surface area contributed by atoms with Crippen LogP contribution in [-0.2, 0) is 0 Å². The van der Waals surface area contributed by atoms with Crippen LogP contribution in [0.2, 0.25) is 0 Å². The molecule has 0 aliphatic carbocycles. The lowest BCUT2D eigenvalue weighted by molar-refractivity contribution is 0.742. The Hall–Kier alpha value is -1.63. The van der Waals surface area contributed by atoms with E-state index in [9.17, 15) is 0 Å². The second-order valence-electron chi connectivity index (χ2n) is 3.03. The maximum absolute atomic E-state index is 8.60. The Kier molecular flexibility index (Phi) is 4.42. The van der Waals surface area contributed by atoms with E-state index >= 15 is 0 Å². The zero-order valence-corrected chi connectivity index (χ0v) is 8.32. The average molecular weight is 190 g/mol. The summed E-state index contributed by atoms with van der Waals surface area (Å²) in [4.78, 5) is 7.80. The highest BCUT2D eigenvalue weighted by atomic mass is 15.0. The topological polar surface area (TPSA) is 61.6 Å². The zero-order valence-electron chi connectivity index (χ0n) is 8.32. The van der Waals surface area contributed by atoms with E-state index in [-0.39, 0.29) is 0 Å². The third-order valence-electron chi connectivity index (χ3n) is 1.87. The van der Waals surface area contributed by atoms with E-state index in [1.54, 1.807) is 6.07 Å². The molecule has 0 unspecified atom stereocenters. The van der Waals surface area contributed by atoms with Crippen LogP contribution < -0.4 is 5.32 Å². The van der Waals surface area contributed by atoms with Crippen molar-refractivity contribution in [1.29, 1.82) is 5.26 Å². The molecule has 0 spiro atoms. The minimum atomic E-state index is 0.401. The van der Waals surface area contributed by atoms with E-state index in [1.807, 2.05) is 6.07 Å². The van der Waals surface area contributed by atoms with Crippen LogP contribution in [0.25, 0.3) is 0 Å². The number of nitrogens with zero attached hydrogens (tertiary/aromatic N) is 3. The maximum Gasteiger partial charge on any atom is 0.145 e. The van der Waals surface area contributed by atoms with Gasteiger partial charge < -0.3 is 5.32 Å². The number of nitriles is 1. The van der Waals surface area contributed by atoms with Gasteiger partial charge in [-0.2, -0.15) is 5.26 Å². The summed E-state index contributed by atoms with van der Waals surface area (Å²) in [5.74, 6) is 0.729. The van der Waals surface area contributed by atoms with Crippen molar-refractivity contribution in [3.63, 3.8) is 0 Å². The van der Waals surface area contributed by atoms with Gasteiger partial charge in [0.2, 0.25) is 0 Å². The Morgan fingerprint density at radius 3 is 3.00 bits per heavy atom. The first kappa shape index (κ1) is 10.5. The summed E-state index contributed by atoms with van der Waals surface area (Å²) in [5, 5.41) is 11.8. The Morgan fingerprint density at radius 1 is 1.43 bits per heavy atom. The number of hydrogen-bond donors (Lipinski definition) is 1. The number of unbranched alkanes of at least 4 members (excludes halogenated alkanes) is 2. The first-order chi connectivity index (χ1) is 6.86. The highest BCUT2D eigenvalue weighted by molar-refractivity contribution is 5.38. The third-order valence-corrected chi connectivity index (χ3v) is 1.87. The predicted octanol–water partition coefficient (Wildman–Crippen LogP) is 1.95. The summed E-state index contributed by atoms with van der Waals surface area (Å²) in [7, 11) is 0. The van der Waals surface area contributed by atoms with Gasteiger partial charge in [0.1, 0.15) is 23.9 Å². The molecule has 74 valence electrons. The van der Waals surface area contributed by atoms with Crippen molar-refractivity contribution < 1.29 is 0 Å². The van der Waals surface area contributed by atoms with Crippen molar-refractivity contribution in [2.45, 2.75) is 26.2 Å². The van der Waals surface area contributed by atoms with Crippen LogP contribution in [0.3, 0.4) is 0 Å². The summed E-state index contributed by atoms with van der Waals surface area (Å²) in [6.07, 6.45) is 4.95. The van der Waals surface area contributed by atoms with Gasteiger partial charge >= 0.3 is 0 Å². The zero-order chi connectivity index (χ0) is 10.2. The van der Waals surface area contributed by atoms with Crippen molar-refractivity contribution in [3.05, 3.63) is 18.1 Å². The van der Waals surface area contributed by atoms with Gasteiger partial charge in [0.05, 0.1) is 0 Å². The van der Waals surface area contributed by atoms with E-state index in [1.165, 1.54) is 19.2 Å². The first-order valence-corrected chi connectivity index (χ1v) is 4.83. The molecule has 0 saturated heterocycles. The molecule has 0 aliphatic heterocycles. The Labute approximate surface area is 84.0 Å². The molecule has 1 N–H and O–H groups in total. The van der Waals surface area contributed by atoms with Crippen molar-refractivity contribution in [2.24, 2.45) is 0 Å². The van der Waals surface area contributed by atoms with Gasteiger partial charge in [-0.15, -0.1) is 0 Å². The summed E-state index contributed by atoms with van der Waals surface area (Å²) in [6.45, 7) is 3.06. The van der Waals surface area contributed by atoms with Gasteiger partial charge in [-0.25, -0.2) is 9.97 Å². The molecule has 0 radical (unpaired) electrons. The molecule has 1 heterocycles. The molecule has 4 heteroatoms. The summed E-state index contributed by atoms with van der Waals surface area (Å²) in [6, 6.07) is 3.64. The molecule has 0 aliphatic rings. The van der Waals surface area contributed by atoms with Crippen LogP contribution in [0, 0.1) is 11.3 Å². The molecular weight excluding hydrogens is 176 g/mol. The second kappa shape index (κ2) is 5.92. The van der Waals surface area contributed by atoms with E-state index in [4.69, 9.17) is 5.26 Å². The van der Waals surface area contributed by atoms with E-state index in [0.717, 1.165) is 18.8 Å². The summed E-state index contributed by atoms with van der Waals surface area (Å²) >= 11 is 0. The molecule has 1 aromatic rings.